The summed E-state index contributed by atoms with van der Waals surface area (Å²) in [6.07, 6.45) is 11.0. The van der Waals surface area contributed by atoms with Crippen molar-refractivity contribution in [2.45, 2.75) is 59.2 Å². The Balaban J connectivity index is 4.11. The molecule has 2 radical (unpaired) electrons. The first kappa shape index (κ1) is 13.5. The topological polar surface area (TPSA) is 0 Å². The van der Waals surface area contributed by atoms with Crippen LogP contribution < -0.4 is 0 Å². The standard InChI is InChI=1S/C13H23B/c1-4-6-7-9-12(3)13(5-2)10-8-11-14/h6-7H,4-5,8-11H2,1-3H3/b7-6-,13-12-. The fourth-order valence-corrected chi connectivity index (χ4v) is 1.58. The van der Waals surface area contributed by atoms with Crippen LogP contribution in [0.5, 0.6) is 0 Å². The summed E-state index contributed by atoms with van der Waals surface area (Å²) in [5.41, 5.74) is 3.13. The highest BCUT2D eigenvalue weighted by molar-refractivity contribution is 6.08. The van der Waals surface area contributed by atoms with E-state index in [1.807, 2.05) is 0 Å². The maximum absolute atomic E-state index is 5.52. The molecule has 0 spiro atoms. The largest absolute Gasteiger partial charge is 0.0885 e. The summed E-state index contributed by atoms with van der Waals surface area (Å²) in [6, 6.07) is 0. The minimum atomic E-state index is 0.807. The van der Waals surface area contributed by atoms with E-state index in [4.69, 9.17) is 7.85 Å². The van der Waals surface area contributed by atoms with Gasteiger partial charge in [0.05, 0.1) is 7.85 Å². The fraction of sp³-hybridized carbons (Fsp3) is 0.692. The highest BCUT2D eigenvalue weighted by Gasteiger charge is 1.98. The van der Waals surface area contributed by atoms with Crippen molar-refractivity contribution < 1.29 is 0 Å². The van der Waals surface area contributed by atoms with Gasteiger partial charge in [0.25, 0.3) is 0 Å². The molecule has 0 amide bonds. The van der Waals surface area contributed by atoms with Crippen LogP contribution in [-0.2, 0) is 0 Å². The average molecular weight is 190 g/mol. The van der Waals surface area contributed by atoms with Crippen LogP contribution in [0.15, 0.2) is 23.3 Å². The summed E-state index contributed by atoms with van der Waals surface area (Å²) in [4.78, 5) is 0. The summed E-state index contributed by atoms with van der Waals surface area (Å²) in [7, 11) is 5.52. The Kier molecular flexibility index (Phi) is 8.82. The lowest BCUT2D eigenvalue weighted by Crippen LogP contribution is -1.88. The van der Waals surface area contributed by atoms with Crippen LogP contribution in [0.25, 0.3) is 0 Å². The predicted octanol–water partition coefficient (Wildman–Crippen LogP) is 4.44. The van der Waals surface area contributed by atoms with Crippen molar-refractivity contribution in [1.82, 2.24) is 0 Å². The number of hydrogen-bond donors (Lipinski definition) is 0. The van der Waals surface area contributed by atoms with Crippen molar-refractivity contribution in [2.75, 3.05) is 0 Å². The lowest BCUT2D eigenvalue weighted by molar-refractivity contribution is 0.833. The van der Waals surface area contributed by atoms with Gasteiger partial charge in [0, 0.05) is 0 Å². The first-order valence-corrected chi connectivity index (χ1v) is 5.78. The van der Waals surface area contributed by atoms with E-state index in [-0.39, 0.29) is 0 Å². The van der Waals surface area contributed by atoms with Crippen LogP contribution in [0.3, 0.4) is 0 Å². The molecule has 0 aromatic rings. The zero-order valence-corrected chi connectivity index (χ0v) is 9.97. The molecule has 0 aliphatic carbocycles. The maximum atomic E-state index is 5.52. The second kappa shape index (κ2) is 9.11. The molecule has 0 nitrogen and oxygen atoms in total. The third-order valence-electron chi connectivity index (χ3n) is 2.54. The third-order valence-corrected chi connectivity index (χ3v) is 2.54. The van der Waals surface area contributed by atoms with Gasteiger partial charge in [0.15, 0.2) is 0 Å². The van der Waals surface area contributed by atoms with Crippen LogP contribution >= 0.6 is 0 Å². The van der Waals surface area contributed by atoms with Gasteiger partial charge in [-0.25, -0.2) is 0 Å². The smallest absolute Gasteiger partial charge is 0.0653 e. The van der Waals surface area contributed by atoms with E-state index < -0.39 is 0 Å². The first-order chi connectivity index (χ1) is 6.76. The van der Waals surface area contributed by atoms with Gasteiger partial charge in [0.2, 0.25) is 0 Å². The summed E-state index contributed by atoms with van der Waals surface area (Å²) in [6.45, 7) is 6.65. The van der Waals surface area contributed by atoms with Crippen LogP contribution in [-0.4, -0.2) is 7.85 Å². The van der Waals surface area contributed by atoms with Crippen molar-refractivity contribution >= 4 is 7.85 Å². The minimum absolute atomic E-state index is 0.807. The Hall–Kier alpha value is -0.455. The van der Waals surface area contributed by atoms with E-state index in [1.165, 1.54) is 18.4 Å². The summed E-state index contributed by atoms with van der Waals surface area (Å²) < 4.78 is 0. The van der Waals surface area contributed by atoms with Gasteiger partial charge in [-0.3, -0.25) is 0 Å². The molecule has 0 atom stereocenters. The molecule has 0 fully saturated rings. The molecule has 78 valence electrons. The van der Waals surface area contributed by atoms with Crippen molar-refractivity contribution in [3.05, 3.63) is 23.3 Å². The summed E-state index contributed by atoms with van der Waals surface area (Å²) >= 11 is 0. The molecule has 0 aliphatic rings. The monoisotopic (exact) mass is 190 g/mol. The molecule has 0 aromatic carbocycles. The van der Waals surface area contributed by atoms with E-state index >= 15 is 0 Å². The van der Waals surface area contributed by atoms with E-state index in [2.05, 4.69) is 32.9 Å². The van der Waals surface area contributed by atoms with E-state index in [1.54, 1.807) is 5.57 Å². The third kappa shape index (κ3) is 6.07. The molecular weight excluding hydrogens is 167 g/mol. The number of allylic oxidation sites excluding steroid dienone is 4. The molecule has 0 aliphatic heterocycles. The van der Waals surface area contributed by atoms with Crippen molar-refractivity contribution in [2.24, 2.45) is 0 Å². The summed E-state index contributed by atoms with van der Waals surface area (Å²) in [5, 5.41) is 0. The van der Waals surface area contributed by atoms with Gasteiger partial charge in [-0.2, -0.15) is 0 Å². The molecule has 14 heavy (non-hydrogen) atoms. The number of rotatable bonds is 7. The van der Waals surface area contributed by atoms with Crippen LogP contribution in [0.4, 0.5) is 0 Å². The Morgan fingerprint density at radius 3 is 2.43 bits per heavy atom. The van der Waals surface area contributed by atoms with Crippen LogP contribution in [0.2, 0.25) is 6.32 Å². The molecule has 0 rings (SSSR count). The van der Waals surface area contributed by atoms with Gasteiger partial charge >= 0.3 is 0 Å². The molecule has 0 saturated carbocycles. The molecule has 0 heterocycles. The molecule has 0 N–H and O–H groups in total. The van der Waals surface area contributed by atoms with Gasteiger partial charge < -0.3 is 0 Å². The SMILES string of the molecule is [B]CCC/C(CC)=C(/C)C/C=C\CC. The average Bonchev–Trinajstić information content (AvgIpc) is 2.19. The second-order valence-corrected chi connectivity index (χ2v) is 3.71. The van der Waals surface area contributed by atoms with Gasteiger partial charge in [0.1, 0.15) is 0 Å². The Bertz CT molecular complexity index is 189. The predicted molar refractivity (Wildman–Crippen MR) is 66.8 cm³/mol. The summed E-state index contributed by atoms with van der Waals surface area (Å²) in [5.74, 6) is 0. The molecular formula is C13H23B. The van der Waals surface area contributed by atoms with Crippen molar-refractivity contribution in [3.8, 4) is 0 Å². The fourth-order valence-electron chi connectivity index (χ4n) is 1.58. The van der Waals surface area contributed by atoms with Gasteiger partial charge in [-0.05, 0) is 32.6 Å². The molecule has 0 unspecified atom stereocenters. The highest BCUT2D eigenvalue weighted by Crippen LogP contribution is 2.18. The lowest BCUT2D eigenvalue weighted by atomic mass is 9.93. The molecule has 0 bridgehead atoms. The maximum Gasteiger partial charge on any atom is 0.0653 e. The minimum Gasteiger partial charge on any atom is -0.0885 e. The molecule has 1 heteroatoms. The van der Waals surface area contributed by atoms with E-state index in [0.29, 0.717) is 0 Å². The van der Waals surface area contributed by atoms with Crippen LogP contribution in [0, 0.1) is 0 Å². The number of hydrogen-bond acceptors (Lipinski definition) is 0. The Labute approximate surface area is 90.9 Å². The highest BCUT2D eigenvalue weighted by atomic mass is 14.0. The second-order valence-electron chi connectivity index (χ2n) is 3.71. The van der Waals surface area contributed by atoms with Crippen molar-refractivity contribution in [1.29, 1.82) is 0 Å². The normalized spacial score (nSPS) is 13.4. The quantitative estimate of drug-likeness (QED) is 0.411. The molecule has 0 aromatic heterocycles. The molecule has 0 saturated heterocycles. The zero-order valence-electron chi connectivity index (χ0n) is 9.97. The van der Waals surface area contributed by atoms with Gasteiger partial charge in [-0.1, -0.05) is 49.9 Å². The zero-order chi connectivity index (χ0) is 10.8. The van der Waals surface area contributed by atoms with E-state index in [9.17, 15) is 0 Å². The van der Waals surface area contributed by atoms with Crippen LogP contribution in [0.1, 0.15) is 52.9 Å². The van der Waals surface area contributed by atoms with E-state index in [0.717, 1.165) is 25.6 Å². The Morgan fingerprint density at radius 1 is 1.21 bits per heavy atom. The van der Waals surface area contributed by atoms with Crippen molar-refractivity contribution in [3.63, 3.8) is 0 Å². The van der Waals surface area contributed by atoms with Gasteiger partial charge in [-0.15, -0.1) is 0 Å². The first-order valence-electron chi connectivity index (χ1n) is 5.78. The lowest BCUT2D eigenvalue weighted by Gasteiger charge is -2.08. The Morgan fingerprint density at radius 2 is 1.93 bits per heavy atom.